The number of carbonyl (C=O) groups is 1. The molecule has 4 rings (SSSR count). The Hall–Kier alpha value is -3.69. The number of fused-ring (bicyclic) bond motifs is 1. The van der Waals surface area contributed by atoms with Gasteiger partial charge < -0.3 is 5.32 Å². The van der Waals surface area contributed by atoms with Gasteiger partial charge in [0, 0.05) is 24.9 Å². The number of hydrogen-bond donors (Lipinski definition) is 1. The second-order valence-corrected chi connectivity index (χ2v) is 6.42. The van der Waals surface area contributed by atoms with Gasteiger partial charge in [0.25, 0.3) is 5.91 Å². The van der Waals surface area contributed by atoms with Gasteiger partial charge in [-0.05, 0) is 25.1 Å². The summed E-state index contributed by atoms with van der Waals surface area (Å²) in [6.07, 6.45) is -3.07. The van der Waals surface area contributed by atoms with E-state index >= 15 is 0 Å². The van der Waals surface area contributed by atoms with Gasteiger partial charge in [0.05, 0.1) is 17.0 Å². The quantitative estimate of drug-likeness (QED) is 0.569. The number of aromatic nitrogens is 5. The van der Waals surface area contributed by atoms with E-state index in [4.69, 9.17) is 0 Å². The standard InChI is InChI=1S/C19H15F3N6O/c1-11-9-15(27(2)25-11)18(29)24-16-7-8-23-17-10-14(26-28(16)17)12-5-3-4-6-13(12)19(20,21)22/h3-10H,1-2H3,(H,24,29). The molecule has 1 N–H and O–H groups in total. The van der Waals surface area contributed by atoms with Crippen LogP contribution in [-0.2, 0) is 13.2 Å². The highest BCUT2D eigenvalue weighted by atomic mass is 19.4. The van der Waals surface area contributed by atoms with E-state index in [-0.39, 0.29) is 17.1 Å². The van der Waals surface area contributed by atoms with E-state index in [9.17, 15) is 18.0 Å². The van der Waals surface area contributed by atoms with Crippen LogP contribution in [0.3, 0.4) is 0 Å². The van der Waals surface area contributed by atoms with Crippen LogP contribution in [0.4, 0.5) is 19.0 Å². The van der Waals surface area contributed by atoms with E-state index in [0.717, 1.165) is 6.07 Å². The number of anilines is 1. The summed E-state index contributed by atoms with van der Waals surface area (Å²) >= 11 is 0. The summed E-state index contributed by atoms with van der Waals surface area (Å²) in [6.45, 7) is 1.76. The number of amides is 1. The molecule has 0 fully saturated rings. The van der Waals surface area contributed by atoms with Crippen molar-refractivity contribution >= 4 is 17.4 Å². The molecule has 1 aromatic carbocycles. The van der Waals surface area contributed by atoms with Gasteiger partial charge in [-0.1, -0.05) is 18.2 Å². The van der Waals surface area contributed by atoms with Crippen molar-refractivity contribution in [3.05, 3.63) is 65.6 Å². The van der Waals surface area contributed by atoms with Crippen molar-refractivity contribution in [1.82, 2.24) is 24.4 Å². The molecule has 0 spiro atoms. The number of nitrogens with one attached hydrogen (secondary N) is 1. The fourth-order valence-electron chi connectivity index (χ4n) is 3.08. The van der Waals surface area contributed by atoms with Gasteiger partial charge in [0.15, 0.2) is 5.65 Å². The number of nitrogens with zero attached hydrogens (tertiary/aromatic N) is 5. The third kappa shape index (κ3) is 3.44. The average Bonchev–Trinajstić information content (AvgIpc) is 3.24. The maximum absolute atomic E-state index is 13.4. The van der Waals surface area contributed by atoms with Gasteiger partial charge in [-0.15, -0.1) is 0 Å². The molecule has 0 aliphatic rings. The van der Waals surface area contributed by atoms with E-state index in [1.54, 1.807) is 20.0 Å². The Morgan fingerprint density at radius 1 is 1.10 bits per heavy atom. The first-order valence-electron chi connectivity index (χ1n) is 8.57. The second-order valence-electron chi connectivity index (χ2n) is 6.42. The Labute approximate surface area is 162 Å². The van der Waals surface area contributed by atoms with Crippen molar-refractivity contribution in [3.63, 3.8) is 0 Å². The third-order valence-electron chi connectivity index (χ3n) is 4.34. The highest BCUT2D eigenvalue weighted by Crippen LogP contribution is 2.36. The zero-order valence-corrected chi connectivity index (χ0v) is 15.4. The van der Waals surface area contributed by atoms with Gasteiger partial charge in [0.1, 0.15) is 11.5 Å². The van der Waals surface area contributed by atoms with Gasteiger partial charge in [-0.3, -0.25) is 9.48 Å². The van der Waals surface area contributed by atoms with Crippen LogP contribution < -0.4 is 5.32 Å². The van der Waals surface area contributed by atoms with Crippen molar-refractivity contribution in [2.75, 3.05) is 5.32 Å². The normalized spacial score (nSPS) is 11.8. The van der Waals surface area contributed by atoms with Gasteiger partial charge >= 0.3 is 6.18 Å². The number of aryl methyl sites for hydroxylation is 2. The van der Waals surface area contributed by atoms with Crippen LogP contribution in [0.2, 0.25) is 0 Å². The molecule has 4 aromatic rings. The molecule has 1 amide bonds. The summed E-state index contributed by atoms with van der Waals surface area (Å²) in [4.78, 5) is 16.7. The van der Waals surface area contributed by atoms with E-state index in [1.165, 1.54) is 45.7 Å². The molecule has 3 aromatic heterocycles. The number of benzene rings is 1. The van der Waals surface area contributed by atoms with Crippen molar-refractivity contribution < 1.29 is 18.0 Å². The SMILES string of the molecule is Cc1cc(C(=O)Nc2ccnc3cc(-c4ccccc4C(F)(F)F)nn23)n(C)n1. The topological polar surface area (TPSA) is 77.1 Å². The Bertz CT molecular complexity index is 1220. The van der Waals surface area contributed by atoms with Crippen LogP contribution in [0.25, 0.3) is 16.9 Å². The summed E-state index contributed by atoms with van der Waals surface area (Å²) in [5.41, 5.74) is 0.564. The molecule has 10 heteroatoms. The molecule has 0 atom stereocenters. The molecular formula is C19H15F3N6O. The van der Waals surface area contributed by atoms with Gasteiger partial charge in [-0.2, -0.15) is 27.9 Å². The smallest absolute Gasteiger partial charge is 0.305 e. The fraction of sp³-hybridized carbons (Fsp3) is 0.158. The fourth-order valence-corrected chi connectivity index (χ4v) is 3.08. The molecule has 148 valence electrons. The van der Waals surface area contributed by atoms with Crippen LogP contribution in [0.1, 0.15) is 21.7 Å². The van der Waals surface area contributed by atoms with Crippen LogP contribution >= 0.6 is 0 Å². The molecule has 29 heavy (non-hydrogen) atoms. The van der Waals surface area contributed by atoms with Crippen molar-refractivity contribution in [2.45, 2.75) is 13.1 Å². The lowest BCUT2D eigenvalue weighted by molar-refractivity contribution is -0.137. The lowest BCUT2D eigenvalue weighted by Crippen LogP contribution is -2.18. The number of carbonyl (C=O) groups excluding carboxylic acids is 1. The predicted octanol–water partition coefficient (Wildman–Crippen LogP) is 3.71. The molecule has 0 bridgehead atoms. The Morgan fingerprint density at radius 2 is 1.86 bits per heavy atom. The summed E-state index contributed by atoms with van der Waals surface area (Å²) < 4.78 is 42.8. The minimum Gasteiger partial charge on any atom is -0.305 e. The molecule has 0 saturated carbocycles. The first-order chi connectivity index (χ1) is 13.7. The third-order valence-corrected chi connectivity index (χ3v) is 4.34. The average molecular weight is 400 g/mol. The second kappa shape index (κ2) is 6.73. The van der Waals surface area contributed by atoms with E-state index in [1.807, 2.05) is 0 Å². The minimum absolute atomic E-state index is 0.0648. The first-order valence-corrected chi connectivity index (χ1v) is 8.57. The predicted molar refractivity (Wildman–Crippen MR) is 99.3 cm³/mol. The zero-order valence-electron chi connectivity index (χ0n) is 15.4. The van der Waals surface area contributed by atoms with E-state index in [2.05, 4.69) is 20.5 Å². The monoisotopic (exact) mass is 400 g/mol. The maximum atomic E-state index is 13.4. The largest absolute Gasteiger partial charge is 0.417 e. The molecule has 0 unspecified atom stereocenters. The van der Waals surface area contributed by atoms with Crippen LogP contribution in [-0.4, -0.2) is 30.3 Å². The summed E-state index contributed by atoms with van der Waals surface area (Å²) in [5.74, 6) is -0.150. The van der Waals surface area contributed by atoms with E-state index in [0.29, 0.717) is 17.0 Å². The molecule has 0 saturated heterocycles. The lowest BCUT2D eigenvalue weighted by atomic mass is 10.0. The molecule has 3 heterocycles. The molecule has 0 radical (unpaired) electrons. The highest BCUT2D eigenvalue weighted by molar-refractivity contribution is 6.02. The highest BCUT2D eigenvalue weighted by Gasteiger charge is 2.34. The van der Waals surface area contributed by atoms with Crippen LogP contribution in [0, 0.1) is 6.92 Å². The number of halogens is 3. The minimum atomic E-state index is -4.52. The molecular weight excluding hydrogens is 385 g/mol. The first kappa shape index (κ1) is 18.7. The van der Waals surface area contributed by atoms with Crippen molar-refractivity contribution in [2.24, 2.45) is 7.05 Å². The van der Waals surface area contributed by atoms with Crippen LogP contribution in [0.15, 0.2) is 48.7 Å². The summed E-state index contributed by atoms with van der Waals surface area (Å²) in [7, 11) is 1.64. The zero-order chi connectivity index (χ0) is 20.8. The van der Waals surface area contributed by atoms with Gasteiger partial charge in [-0.25, -0.2) is 4.98 Å². The maximum Gasteiger partial charge on any atom is 0.417 e. The van der Waals surface area contributed by atoms with Crippen LogP contribution in [0.5, 0.6) is 0 Å². The number of rotatable bonds is 3. The summed E-state index contributed by atoms with van der Waals surface area (Å²) in [6, 6.07) is 9.76. The Morgan fingerprint density at radius 3 is 2.55 bits per heavy atom. The molecule has 7 nitrogen and oxygen atoms in total. The Kier molecular flexibility index (Phi) is 4.33. The lowest BCUT2D eigenvalue weighted by Gasteiger charge is -2.10. The number of hydrogen-bond acceptors (Lipinski definition) is 4. The number of alkyl halides is 3. The van der Waals surface area contributed by atoms with Gasteiger partial charge in [0.2, 0.25) is 0 Å². The van der Waals surface area contributed by atoms with Crippen molar-refractivity contribution in [3.8, 4) is 11.3 Å². The summed E-state index contributed by atoms with van der Waals surface area (Å²) in [5, 5.41) is 11.1. The molecule has 0 aliphatic carbocycles. The van der Waals surface area contributed by atoms with E-state index < -0.39 is 17.6 Å². The van der Waals surface area contributed by atoms with Crippen molar-refractivity contribution in [1.29, 1.82) is 0 Å². The Balaban J connectivity index is 1.76. The molecule has 0 aliphatic heterocycles.